The monoisotopic (exact) mass is 271 g/mol. The summed E-state index contributed by atoms with van der Waals surface area (Å²) in [4.78, 5) is 21.5. The Bertz CT molecular complexity index is 505. The van der Waals surface area contributed by atoms with Gasteiger partial charge in [-0.2, -0.15) is 0 Å². The Balaban J connectivity index is 2.90. The van der Waals surface area contributed by atoms with Crippen LogP contribution in [0.4, 0.5) is 5.69 Å². The summed E-state index contributed by atoms with van der Waals surface area (Å²) in [5.74, 6) is -0.362. The fraction of sp³-hybridized carbons (Fsp3) is 0. The smallest absolute Gasteiger partial charge is 0.270 e. The van der Waals surface area contributed by atoms with Crippen LogP contribution >= 0.6 is 23.2 Å². The van der Waals surface area contributed by atoms with Gasteiger partial charge >= 0.3 is 0 Å². The molecule has 0 unspecified atom stereocenters. The van der Waals surface area contributed by atoms with E-state index in [1.165, 1.54) is 42.5 Å². The van der Waals surface area contributed by atoms with Crippen LogP contribution in [0.2, 0.25) is 0 Å². The van der Waals surface area contributed by atoms with Gasteiger partial charge < -0.3 is 0 Å². The van der Waals surface area contributed by atoms with E-state index in [0.29, 0.717) is 0 Å². The van der Waals surface area contributed by atoms with E-state index in [1.807, 2.05) is 0 Å². The Morgan fingerprint density at radius 2 is 2.06 bits per heavy atom. The standard InChI is InChI=1S/C11H7Cl2NO3/c12-11(13)6-2-5-10(15)8-3-1-4-9(7-8)14(16)17/h1-7H/b5-2+. The van der Waals surface area contributed by atoms with E-state index in [2.05, 4.69) is 0 Å². The number of carbonyl (C=O) groups is 1. The average molecular weight is 272 g/mol. The maximum atomic E-state index is 11.6. The molecule has 1 aromatic rings. The highest BCUT2D eigenvalue weighted by Gasteiger charge is 2.08. The number of ketones is 1. The first-order valence-corrected chi connectivity index (χ1v) is 5.24. The van der Waals surface area contributed by atoms with Gasteiger partial charge in [0.25, 0.3) is 5.69 Å². The van der Waals surface area contributed by atoms with Crippen LogP contribution < -0.4 is 0 Å². The summed E-state index contributed by atoms with van der Waals surface area (Å²) < 4.78 is 0.0214. The molecule has 0 aliphatic rings. The molecule has 0 heterocycles. The number of nitro groups is 1. The van der Waals surface area contributed by atoms with Gasteiger partial charge in [-0.1, -0.05) is 41.4 Å². The second-order valence-corrected chi connectivity index (χ2v) is 3.99. The van der Waals surface area contributed by atoms with Gasteiger partial charge in [-0.3, -0.25) is 14.9 Å². The maximum Gasteiger partial charge on any atom is 0.270 e. The van der Waals surface area contributed by atoms with Crippen molar-refractivity contribution in [3.63, 3.8) is 0 Å². The average Bonchev–Trinajstić information content (AvgIpc) is 2.28. The number of carbonyl (C=O) groups excluding carboxylic acids is 1. The van der Waals surface area contributed by atoms with Gasteiger partial charge in [0.15, 0.2) is 5.78 Å². The van der Waals surface area contributed by atoms with Crippen LogP contribution in [0.15, 0.2) is 47.0 Å². The first-order valence-electron chi connectivity index (χ1n) is 4.49. The van der Waals surface area contributed by atoms with Crippen molar-refractivity contribution in [3.05, 3.63) is 62.7 Å². The molecule has 0 saturated heterocycles. The highest BCUT2D eigenvalue weighted by Crippen LogP contribution is 2.14. The van der Waals surface area contributed by atoms with Crippen LogP contribution in [0.25, 0.3) is 0 Å². The normalized spacial score (nSPS) is 10.2. The fourth-order valence-corrected chi connectivity index (χ4v) is 1.22. The second-order valence-electron chi connectivity index (χ2n) is 2.99. The highest BCUT2D eigenvalue weighted by molar-refractivity contribution is 6.56. The minimum absolute atomic E-state index is 0.0214. The summed E-state index contributed by atoms with van der Waals surface area (Å²) in [7, 11) is 0. The Kier molecular flexibility index (Phi) is 4.87. The molecular weight excluding hydrogens is 265 g/mol. The van der Waals surface area contributed by atoms with Crippen LogP contribution in [0, 0.1) is 10.1 Å². The van der Waals surface area contributed by atoms with Crippen LogP contribution in [-0.2, 0) is 0 Å². The number of benzene rings is 1. The number of nitro benzene ring substituents is 1. The summed E-state index contributed by atoms with van der Waals surface area (Å²) in [5.41, 5.74) is 0.102. The molecule has 17 heavy (non-hydrogen) atoms. The Morgan fingerprint density at radius 1 is 1.35 bits per heavy atom. The molecule has 1 aromatic carbocycles. The van der Waals surface area contributed by atoms with Crippen molar-refractivity contribution in [3.8, 4) is 0 Å². The lowest BCUT2D eigenvalue weighted by molar-refractivity contribution is -0.384. The zero-order valence-electron chi connectivity index (χ0n) is 8.47. The zero-order chi connectivity index (χ0) is 12.8. The fourth-order valence-electron chi connectivity index (χ4n) is 1.08. The highest BCUT2D eigenvalue weighted by atomic mass is 35.5. The second kappa shape index (κ2) is 6.18. The quantitative estimate of drug-likeness (QED) is 0.276. The van der Waals surface area contributed by atoms with E-state index in [0.717, 1.165) is 0 Å². The van der Waals surface area contributed by atoms with Crippen molar-refractivity contribution >= 4 is 34.7 Å². The number of allylic oxidation sites excluding steroid dienone is 3. The number of halogens is 2. The van der Waals surface area contributed by atoms with Crippen molar-refractivity contribution in [2.75, 3.05) is 0 Å². The molecule has 0 spiro atoms. The predicted molar refractivity (Wildman–Crippen MR) is 66.4 cm³/mol. The van der Waals surface area contributed by atoms with Crippen LogP contribution in [0.5, 0.6) is 0 Å². The molecule has 0 fully saturated rings. The lowest BCUT2D eigenvalue weighted by Gasteiger charge is -1.95. The van der Waals surface area contributed by atoms with Crippen LogP contribution in [0.3, 0.4) is 0 Å². The summed E-state index contributed by atoms with van der Waals surface area (Å²) >= 11 is 10.7. The van der Waals surface area contributed by atoms with Crippen LogP contribution in [0.1, 0.15) is 10.4 Å². The van der Waals surface area contributed by atoms with Gasteiger partial charge in [0.05, 0.1) is 4.92 Å². The third-order valence-corrected chi connectivity index (χ3v) is 2.06. The number of rotatable bonds is 4. The van der Waals surface area contributed by atoms with Crippen molar-refractivity contribution in [2.24, 2.45) is 0 Å². The van der Waals surface area contributed by atoms with Gasteiger partial charge in [0, 0.05) is 17.7 Å². The van der Waals surface area contributed by atoms with E-state index < -0.39 is 4.92 Å². The molecule has 0 N–H and O–H groups in total. The zero-order valence-corrected chi connectivity index (χ0v) is 9.98. The van der Waals surface area contributed by atoms with E-state index in [4.69, 9.17) is 23.2 Å². The largest absolute Gasteiger partial charge is 0.289 e. The molecule has 1 rings (SSSR count). The van der Waals surface area contributed by atoms with Crippen LogP contribution in [-0.4, -0.2) is 10.7 Å². The number of hydrogen-bond donors (Lipinski definition) is 0. The lowest BCUT2D eigenvalue weighted by atomic mass is 10.1. The Hall–Kier alpha value is -1.65. The third-order valence-electron chi connectivity index (χ3n) is 1.81. The molecule has 0 aliphatic heterocycles. The molecular formula is C11H7Cl2NO3. The molecule has 0 aromatic heterocycles. The van der Waals surface area contributed by atoms with Gasteiger partial charge in [-0.25, -0.2) is 0 Å². The lowest BCUT2D eigenvalue weighted by Crippen LogP contribution is -1.96. The molecule has 6 heteroatoms. The van der Waals surface area contributed by atoms with Crippen molar-refractivity contribution < 1.29 is 9.72 Å². The van der Waals surface area contributed by atoms with E-state index in [1.54, 1.807) is 0 Å². The molecule has 0 radical (unpaired) electrons. The molecule has 0 atom stereocenters. The predicted octanol–water partition coefficient (Wildman–Crippen LogP) is 3.65. The third kappa shape index (κ3) is 4.38. The van der Waals surface area contributed by atoms with E-state index in [9.17, 15) is 14.9 Å². The van der Waals surface area contributed by atoms with Gasteiger partial charge in [-0.05, 0) is 12.2 Å². The molecule has 4 nitrogen and oxygen atoms in total. The first-order chi connectivity index (χ1) is 8.00. The molecule has 0 amide bonds. The van der Waals surface area contributed by atoms with E-state index >= 15 is 0 Å². The first kappa shape index (κ1) is 13.4. The minimum atomic E-state index is -0.559. The van der Waals surface area contributed by atoms with Gasteiger partial charge in [-0.15, -0.1) is 0 Å². The SMILES string of the molecule is O=C(/C=C/C=C(Cl)Cl)c1cccc([N+](=O)[O-])c1. The number of hydrogen-bond acceptors (Lipinski definition) is 3. The van der Waals surface area contributed by atoms with Crippen molar-refractivity contribution in [2.45, 2.75) is 0 Å². The minimum Gasteiger partial charge on any atom is -0.289 e. The van der Waals surface area contributed by atoms with Crippen molar-refractivity contribution in [1.82, 2.24) is 0 Å². The topological polar surface area (TPSA) is 60.2 Å². The Labute approximate surface area is 107 Å². The molecule has 0 bridgehead atoms. The maximum absolute atomic E-state index is 11.6. The summed E-state index contributed by atoms with van der Waals surface area (Å²) in [6, 6.07) is 5.46. The van der Waals surface area contributed by atoms with Gasteiger partial charge in [0.2, 0.25) is 0 Å². The number of nitrogens with zero attached hydrogens (tertiary/aromatic N) is 1. The summed E-state index contributed by atoms with van der Waals surface area (Å²) in [5, 5.41) is 10.5. The van der Waals surface area contributed by atoms with Crippen molar-refractivity contribution in [1.29, 1.82) is 0 Å². The van der Waals surface area contributed by atoms with Gasteiger partial charge in [0.1, 0.15) is 4.49 Å². The molecule has 88 valence electrons. The summed E-state index contributed by atoms with van der Waals surface area (Å²) in [6.07, 6.45) is 3.93. The van der Waals surface area contributed by atoms with E-state index in [-0.39, 0.29) is 21.5 Å². The Morgan fingerprint density at radius 3 is 2.65 bits per heavy atom. The summed E-state index contributed by atoms with van der Waals surface area (Å²) in [6.45, 7) is 0. The molecule has 0 aliphatic carbocycles. The number of non-ortho nitro benzene ring substituents is 1. The molecule has 0 saturated carbocycles.